The van der Waals surface area contributed by atoms with Crippen LogP contribution >= 0.6 is 0 Å². The van der Waals surface area contributed by atoms with Crippen molar-refractivity contribution in [2.24, 2.45) is 0 Å². The molecular weight excluding hydrogens is 242 g/mol. The van der Waals surface area contributed by atoms with E-state index in [4.69, 9.17) is 5.11 Å². The van der Waals surface area contributed by atoms with E-state index in [1.54, 1.807) is 7.05 Å². The minimum atomic E-state index is -0.887. The number of carboxylic acid groups (broad SMARTS) is 1. The van der Waals surface area contributed by atoms with Crippen LogP contribution in [0.2, 0.25) is 0 Å². The van der Waals surface area contributed by atoms with E-state index in [0.29, 0.717) is 6.42 Å². The summed E-state index contributed by atoms with van der Waals surface area (Å²) in [6, 6.07) is 4.12. The van der Waals surface area contributed by atoms with Gasteiger partial charge in [-0.2, -0.15) is 0 Å². The van der Waals surface area contributed by atoms with Crippen LogP contribution in [0.5, 0.6) is 0 Å². The molecule has 4 nitrogen and oxygen atoms in total. The molecule has 19 heavy (non-hydrogen) atoms. The molecule has 1 aromatic rings. The fourth-order valence-electron chi connectivity index (χ4n) is 2.16. The maximum atomic E-state index is 12.0. The smallest absolute Gasteiger partial charge is 0.305 e. The summed E-state index contributed by atoms with van der Waals surface area (Å²) < 4.78 is 0. The molecule has 104 valence electrons. The second-order valence-corrected chi connectivity index (χ2v) is 5.01. The number of likely N-dealkylation sites (N-methyl/N-ethyl adjacent to an activating group) is 1. The number of carboxylic acids is 1. The maximum absolute atomic E-state index is 12.0. The summed E-state index contributed by atoms with van der Waals surface area (Å²) in [7, 11) is 1.64. The van der Waals surface area contributed by atoms with Crippen LogP contribution in [0.25, 0.3) is 0 Å². The van der Waals surface area contributed by atoms with Crippen molar-refractivity contribution in [3.63, 3.8) is 0 Å². The van der Waals surface area contributed by atoms with Crippen LogP contribution in [-0.4, -0.2) is 35.5 Å². The molecule has 0 atom stereocenters. The van der Waals surface area contributed by atoms with Gasteiger partial charge in [-0.25, -0.2) is 0 Å². The number of rotatable bonds is 5. The van der Waals surface area contributed by atoms with Crippen LogP contribution in [0.4, 0.5) is 0 Å². The van der Waals surface area contributed by atoms with Gasteiger partial charge in [-0.15, -0.1) is 0 Å². The topological polar surface area (TPSA) is 57.6 Å². The highest BCUT2D eigenvalue weighted by Crippen LogP contribution is 2.17. The highest BCUT2D eigenvalue weighted by Gasteiger charge is 2.14. The zero-order chi connectivity index (χ0) is 14.6. The Balaban J connectivity index is 2.74. The second-order valence-electron chi connectivity index (χ2n) is 5.01. The van der Waals surface area contributed by atoms with E-state index in [1.807, 2.05) is 20.8 Å². The Hall–Kier alpha value is -1.84. The van der Waals surface area contributed by atoms with Gasteiger partial charge in [-0.05, 0) is 37.5 Å². The highest BCUT2D eigenvalue weighted by molar-refractivity contribution is 5.80. The minimum Gasteiger partial charge on any atom is -0.481 e. The summed E-state index contributed by atoms with van der Waals surface area (Å²) in [6.45, 7) is 6.28. The molecule has 0 radical (unpaired) electrons. The maximum Gasteiger partial charge on any atom is 0.305 e. The Kier molecular flexibility index (Phi) is 5.10. The SMILES string of the molecule is Cc1cc(C)c(CC(=O)N(C)CCC(=O)O)c(C)c1. The largest absolute Gasteiger partial charge is 0.481 e. The fourth-order valence-corrected chi connectivity index (χ4v) is 2.16. The monoisotopic (exact) mass is 263 g/mol. The summed E-state index contributed by atoms with van der Waals surface area (Å²) in [5, 5.41) is 8.61. The molecular formula is C15H21NO3. The molecule has 0 aliphatic heterocycles. The number of nitrogens with zero attached hydrogens (tertiary/aromatic N) is 1. The molecule has 0 bridgehead atoms. The molecule has 0 fully saturated rings. The number of hydrogen-bond donors (Lipinski definition) is 1. The number of aliphatic carboxylic acids is 1. The molecule has 0 aliphatic rings. The van der Waals surface area contributed by atoms with Crippen LogP contribution in [0, 0.1) is 20.8 Å². The first-order valence-electron chi connectivity index (χ1n) is 6.33. The lowest BCUT2D eigenvalue weighted by atomic mass is 9.97. The Morgan fingerprint density at radius 1 is 1.16 bits per heavy atom. The van der Waals surface area contributed by atoms with Crippen molar-refractivity contribution in [2.75, 3.05) is 13.6 Å². The van der Waals surface area contributed by atoms with E-state index in [9.17, 15) is 9.59 Å². The van der Waals surface area contributed by atoms with Crippen molar-refractivity contribution in [1.29, 1.82) is 0 Å². The molecule has 0 unspecified atom stereocenters. The predicted molar refractivity (Wildman–Crippen MR) is 74.2 cm³/mol. The molecule has 4 heteroatoms. The molecule has 0 aromatic heterocycles. The number of benzene rings is 1. The zero-order valence-electron chi connectivity index (χ0n) is 12.0. The lowest BCUT2D eigenvalue weighted by Gasteiger charge is -2.18. The van der Waals surface area contributed by atoms with Crippen molar-refractivity contribution in [1.82, 2.24) is 4.90 Å². The normalized spacial score (nSPS) is 10.3. The van der Waals surface area contributed by atoms with E-state index in [-0.39, 0.29) is 18.9 Å². The van der Waals surface area contributed by atoms with Gasteiger partial charge in [0.05, 0.1) is 12.8 Å². The molecule has 1 aromatic carbocycles. The lowest BCUT2D eigenvalue weighted by molar-refractivity contribution is -0.138. The quantitative estimate of drug-likeness (QED) is 0.885. The van der Waals surface area contributed by atoms with Crippen molar-refractivity contribution in [3.05, 3.63) is 34.4 Å². The third-order valence-electron chi connectivity index (χ3n) is 3.26. The predicted octanol–water partition coefficient (Wildman–Crippen LogP) is 2.09. The summed E-state index contributed by atoms with van der Waals surface area (Å²) in [4.78, 5) is 24.0. The Bertz CT molecular complexity index is 471. The standard InChI is InChI=1S/C15H21NO3/c1-10-7-11(2)13(12(3)8-10)9-14(17)16(4)6-5-15(18)19/h7-8H,5-6,9H2,1-4H3,(H,18,19). The molecule has 0 saturated heterocycles. The first-order chi connectivity index (χ1) is 8.81. The van der Waals surface area contributed by atoms with Crippen molar-refractivity contribution in [2.45, 2.75) is 33.6 Å². The van der Waals surface area contributed by atoms with Crippen molar-refractivity contribution < 1.29 is 14.7 Å². The Labute approximate surface area is 114 Å². The Morgan fingerprint density at radius 2 is 1.68 bits per heavy atom. The minimum absolute atomic E-state index is 0.0197. The average Bonchev–Trinajstić information content (AvgIpc) is 2.30. The number of hydrogen-bond acceptors (Lipinski definition) is 2. The zero-order valence-corrected chi connectivity index (χ0v) is 12.0. The van der Waals surface area contributed by atoms with Gasteiger partial charge in [0.25, 0.3) is 0 Å². The summed E-state index contributed by atoms with van der Waals surface area (Å²) in [5.74, 6) is -0.932. The third-order valence-corrected chi connectivity index (χ3v) is 3.26. The van der Waals surface area contributed by atoms with Crippen LogP contribution in [0.1, 0.15) is 28.7 Å². The number of carbonyl (C=O) groups is 2. The van der Waals surface area contributed by atoms with Gasteiger partial charge >= 0.3 is 5.97 Å². The number of amides is 1. The average molecular weight is 263 g/mol. The van der Waals surface area contributed by atoms with E-state index >= 15 is 0 Å². The van der Waals surface area contributed by atoms with Gasteiger partial charge in [0.15, 0.2) is 0 Å². The molecule has 1 rings (SSSR count). The Morgan fingerprint density at radius 3 is 2.16 bits per heavy atom. The summed E-state index contributed by atoms with van der Waals surface area (Å²) >= 11 is 0. The van der Waals surface area contributed by atoms with Crippen molar-refractivity contribution in [3.8, 4) is 0 Å². The van der Waals surface area contributed by atoms with E-state index in [2.05, 4.69) is 12.1 Å². The summed E-state index contributed by atoms with van der Waals surface area (Å²) in [6.07, 6.45) is 0.308. The van der Waals surface area contributed by atoms with Crippen LogP contribution in [0.3, 0.4) is 0 Å². The molecule has 0 saturated carbocycles. The molecule has 0 heterocycles. The molecule has 0 spiro atoms. The van der Waals surface area contributed by atoms with Crippen LogP contribution in [0.15, 0.2) is 12.1 Å². The van der Waals surface area contributed by atoms with Gasteiger partial charge in [0, 0.05) is 13.6 Å². The summed E-state index contributed by atoms with van der Waals surface area (Å²) in [5.41, 5.74) is 4.44. The van der Waals surface area contributed by atoms with Gasteiger partial charge < -0.3 is 10.0 Å². The van der Waals surface area contributed by atoms with Crippen LogP contribution in [-0.2, 0) is 16.0 Å². The van der Waals surface area contributed by atoms with Gasteiger partial charge in [-0.1, -0.05) is 17.7 Å². The molecule has 1 N–H and O–H groups in total. The molecule has 0 aliphatic carbocycles. The number of carbonyl (C=O) groups excluding carboxylic acids is 1. The van der Waals surface area contributed by atoms with E-state index < -0.39 is 5.97 Å². The first kappa shape index (κ1) is 15.2. The highest BCUT2D eigenvalue weighted by atomic mass is 16.4. The van der Waals surface area contributed by atoms with E-state index in [0.717, 1.165) is 16.7 Å². The third kappa shape index (κ3) is 4.39. The van der Waals surface area contributed by atoms with Gasteiger partial charge in [0.1, 0.15) is 0 Å². The van der Waals surface area contributed by atoms with Crippen molar-refractivity contribution >= 4 is 11.9 Å². The van der Waals surface area contributed by atoms with Gasteiger partial charge in [0.2, 0.25) is 5.91 Å². The first-order valence-corrected chi connectivity index (χ1v) is 6.33. The molecule has 1 amide bonds. The number of aryl methyl sites for hydroxylation is 3. The van der Waals surface area contributed by atoms with E-state index in [1.165, 1.54) is 10.5 Å². The van der Waals surface area contributed by atoms with Gasteiger partial charge in [-0.3, -0.25) is 9.59 Å². The lowest BCUT2D eigenvalue weighted by Crippen LogP contribution is -2.30. The second kappa shape index (κ2) is 6.36. The van der Waals surface area contributed by atoms with Crippen LogP contribution < -0.4 is 0 Å². The fraction of sp³-hybridized carbons (Fsp3) is 0.467.